The Labute approximate surface area is 116 Å². The first-order valence-corrected chi connectivity index (χ1v) is 7.24. The zero-order valence-corrected chi connectivity index (χ0v) is 12.0. The molecular weight excluding hydrogens is 238 g/mol. The van der Waals surface area contributed by atoms with E-state index in [2.05, 4.69) is 43.4 Å². The molecule has 2 rings (SSSR count). The summed E-state index contributed by atoms with van der Waals surface area (Å²) >= 11 is 0. The lowest BCUT2D eigenvalue weighted by molar-refractivity contribution is -0.0390. The highest BCUT2D eigenvalue weighted by molar-refractivity contribution is 5.22. The van der Waals surface area contributed by atoms with Crippen LogP contribution in [0, 0.1) is 0 Å². The first kappa shape index (κ1) is 14.5. The maximum Gasteiger partial charge on any atom is 0.0720 e. The van der Waals surface area contributed by atoms with Gasteiger partial charge in [-0.05, 0) is 24.0 Å². The second-order valence-corrected chi connectivity index (χ2v) is 5.47. The van der Waals surface area contributed by atoms with Crippen LogP contribution in [0.1, 0.15) is 37.8 Å². The van der Waals surface area contributed by atoms with Crippen LogP contribution >= 0.6 is 0 Å². The molecule has 0 radical (unpaired) electrons. The zero-order chi connectivity index (χ0) is 13.5. The molecule has 1 aliphatic rings. The van der Waals surface area contributed by atoms with Gasteiger partial charge in [0.05, 0.1) is 12.7 Å². The van der Waals surface area contributed by atoms with Crippen molar-refractivity contribution in [1.82, 2.24) is 5.32 Å². The summed E-state index contributed by atoms with van der Waals surface area (Å²) in [5.74, 6) is 0. The van der Waals surface area contributed by atoms with Crippen molar-refractivity contribution >= 4 is 0 Å². The molecule has 1 fully saturated rings. The van der Waals surface area contributed by atoms with Crippen molar-refractivity contribution in [1.29, 1.82) is 0 Å². The van der Waals surface area contributed by atoms with Crippen LogP contribution in [-0.4, -0.2) is 25.4 Å². The van der Waals surface area contributed by atoms with E-state index in [9.17, 15) is 0 Å². The van der Waals surface area contributed by atoms with E-state index in [4.69, 9.17) is 9.47 Å². The van der Waals surface area contributed by atoms with Gasteiger partial charge < -0.3 is 14.8 Å². The molecule has 0 unspecified atom stereocenters. The van der Waals surface area contributed by atoms with Crippen LogP contribution in [0.4, 0.5) is 0 Å². The number of rotatable bonds is 6. The van der Waals surface area contributed by atoms with Crippen molar-refractivity contribution in [3.8, 4) is 0 Å². The van der Waals surface area contributed by atoms with Gasteiger partial charge in [0.25, 0.3) is 0 Å². The lowest BCUT2D eigenvalue weighted by atomic mass is 10.1. The van der Waals surface area contributed by atoms with E-state index in [0.29, 0.717) is 18.8 Å². The Balaban J connectivity index is 1.74. The Morgan fingerprint density at radius 1 is 1.16 bits per heavy atom. The quantitative estimate of drug-likeness (QED) is 0.856. The SMILES string of the molecule is CC(C)NCc1ccc(COC2CCOCC2)cc1. The predicted octanol–water partition coefficient (Wildman–Crippen LogP) is 2.88. The molecule has 0 atom stereocenters. The summed E-state index contributed by atoms with van der Waals surface area (Å²) in [5.41, 5.74) is 2.57. The second-order valence-electron chi connectivity index (χ2n) is 5.47. The lowest BCUT2D eigenvalue weighted by Gasteiger charge is -2.22. The molecule has 0 spiro atoms. The van der Waals surface area contributed by atoms with Gasteiger partial charge in [-0.1, -0.05) is 38.1 Å². The van der Waals surface area contributed by atoms with Gasteiger partial charge in [-0.3, -0.25) is 0 Å². The summed E-state index contributed by atoms with van der Waals surface area (Å²) in [6, 6.07) is 9.21. The van der Waals surface area contributed by atoms with Crippen molar-refractivity contribution < 1.29 is 9.47 Å². The molecule has 1 aliphatic heterocycles. The van der Waals surface area contributed by atoms with E-state index in [0.717, 1.165) is 32.6 Å². The first-order valence-electron chi connectivity index (χ1n) is 7.24. The molecular formula is C16H25NO2. The van der Waals surface area contributed by atoms with Crippen molar-refractivity contribution in [3.05, 3.63) is 35.4 Å². The smallest absolute Gasteiger partial charge is 0.0720 e. The Kier molecular flexibility index (Phi) is 5.83. The van der Waals surface area contributed by atoms with Crippen molar-refractivity contribution in [2.75, 3.05) is 13.2 Å². The van der Waals surface area contributed by atoms with Gasteiger partial charge in [-0.2, -0.15) is 0 Å². The third kappa shape index (κ3) is 5.31. The molecule has 3 nitrogen and oxygen atoms in total. The van der Waals surface area contributed by atoms with E-state index < -0.39 is 0 Å². The third-order valence-corrected chi connectivity index (χ3v) is 3.39. The Morgan fingerprint density at radius 2 is 1.79 bits per heavy atom. The van der Waals surface area contributed by atoms with Crippen LogP contribution in [0.15, 0.2) is 24.3 Å². The van der Waals surface area contributed by atoms with E-state index in [1.54, 1.807) is 0 Å². The zero-order valence-electron chi connectivity index (χ0n) is 12.0. The number of hydrogen-bond donors (Lipinski definition) is 1. The van der Waals surface area contributed by atoms with Gasteiger partial charge in [-0.25, -0.2) is 0 Å². The standard InChI is InChI=1S/C16H25NO2/c1-13(2)17-11-14-3-5-15(6-4-14)12-19-16-7-9-18-10-8-16/h3-6,13,16-17H,7-12H2,1-2H3. The average molecular weight is 263 g/mol. The molecule has 0 saturated carbocycles. The van der Waals surface area contributed by atoms with Crippen LogP contribution in [0.2, 0.25) is 0 Å². The van der Waals surface area contributed by atoms with Gasteiger partial charge >= 0.3 is 0 Å². The summed E-state index contributed by atoms with van der Waals surface area (Å²) in [6.45, 7) is 7.64. The number of benzene rings is 1. The molecule has 1 heterocycles. The van der Waals surface area contributed by atoms with Gasteiger partial charge in [0.15, 0.2) is 0 Å². The molecule has 0 aliphatic carbocycles. The van der Waals surface area contributed by atoms with E-state index in [1.807, 2.05) is 0 Å². The maximum atomic E-state index is 5.91. The normalized spacial score (nSPS) is 17.0. The van der Waals surface area contributed by atoms with Gasteiger partial charge in [0.2, 0.25) is 0 Å². The fraction of sp³-hybridized carbons (Fsp3) is 0.625. The summed E-state index contributed by atoms with van der Waals surface area (Å²) in [6.07, 6.45) is 2.42. The molecule has 19 heavy (non-hydrogen) atoms. The summed E-state index contributed by atoms with van der Waals surface area (Å²) in [4.78, 5) is 0. The number of hydrogen-bond acceptors (Lipinski definition) is 3. The minimum absolute atomic E-state index is 0.371. The highest BCUT2D eigenvalue weighted by Gasteiger charge is 2.13. The maximum absolute atomic E-state index is 5.91. The topological polar surface area (TPSA) is 30.5 Å². The van der Waals surface area contributed by atoms with Crippen LogP contribution in [-0.2, 0) is 22.6 Å². The molecule has 3 heteroatoms. The molecule has 1 saturated heterocycles. The monoisotopic (exact) mass is 263 g/mol. The Hall–Kier alpha value is -0.900. The van der Waals surface area contributed by atoms with Crippen molar-refractivity contribution in [2.24, 2.45) is 0 Å². The summed E-state index contributed by atoms with van der Waals surface area (Å²) in [5, 5.41) is 3.42. The van der Waals surface area contributed by atoms with Crippen LogP contribution in [0.5, 0.6) is 0 Å². The number of nitrogens with one attached hydrogen (secondary N) is 1. The van der Waals surface area contributed by atoms with Crippen LogP contribution in [0.3, 0.4) is 0 Å². The van der Waals surface area contributed by atoms with Crippen LogP contribution < -0.4 is 5.32 Å². The van der Waals surface area contributed by atoms with Gasteiger partial charge in [-0.15, -0.1) is 0 Å². The largest absolute Gasteiger partial charge is 0.381 e. The average Bonchev–Trinajstić information content (AvgIpc) is 2.45. The molecule has 0 amide bonds. The molecule has 0 aromatic heterocycles. The fourth-order valence-electron chi connectivity index (χ4n) is 2.13. The highest BCUT2D eigenvalue weighted by Crippen LogP contribution is 2.14. The third-order valence-electron chi connectivity index (χ3n) is 3.39. The highest BCUT2D eigenvalue weighted by atomic mass is 16.5. The van der Waals surface area contributed by atoms with Gasteiger partial charge in [0, 0.05) is 25.8 Å². The first-order chi connectivity index (χ1) is 9.24. The van der Waals surface area contributed by atoms with Gasteiger partial charge in [0.1, 0.15) is 0 Å². The Bertz CT molecular complexity index is 356. The predicted molar refractivity (Wildman–Crippen MR) is 77.0 cm³/mol. The number of ether oxygens (including phenoxy) is 2. The second kappa shape index (κ2) is 7.63. The van der Waals surface area contributed by atoms with E-state index in [-0.39, 0.29) is 0 Å². The molecule has 1 aromatic rings. The molecule has 1 N–H and O–H groups in total. The fourth-order valence-corrected chi connectivity index (χ4v) is 2.13. The molecule has 0 bridgehead atoms. The van der Waals surface area contributed by atoms with Crippen molar-refractivity contribution in [2.45, 2.75) is 52.0 Å². The Morgan fingerprint density at radius 3 is 2.42 bits per heavy atom. The minimum Gasteiger partial charge on any atom is -0.381 e. The summed E-state index contributed by atoms with van der Waals surface area (Å²) < 4.78 is 11.2. The minimum atomic E-state index is 0.371. The van der Waals surface area contributed by atoms with E-state index in [1.165, 1.54) is 11.1 Å². The lowest BCUT2D eigenvalue weighted by Crippen LogP contribution is -2.23. The molecule has 1 aromatic carbocycles. The summed E-state index contributed by atoms with van der Waals surface area (Å²) in [7, 11) is 0. The van der Waals surface area contributed by atoms with Crippen LogP contribution in [0.25, 0.3) is 0 Å². The van der Waals surface area contributed by atoms with Crippen molar-refractivity contribution in [3.63, 3.8) is 0 Å². The van der Waals surface area contributed by atoms with E-state index >= 15 is 0 Å². The molecule has 106 valence electrons.